The summed E-state index contributed by atoms with van der Waals surface area (Å²) in [5.74, 6) is -3.91. The minimum atomic E-state index is -1.00. The number of nitrogens with one attached hydrogen (secondary N) is 2. The van der Waals surface area contributed by atoms with Crippen LogP contribution in [-0.4, -0.2) is 161 Å². The Balaban J connectivity index is 2.13. The van der Waals surface area contributed by atoms with Crippen LogP contribution in [0.2, 0.25) is 0 Å². The number of aliphatic carboxylic acids is 4. The van der Waals surface area contributed by atoms with Gasteiger partial charge >= 0.3 is 23.9 Å². The molecule has 14 heteroatoms. The predicted molar refractivity (Wildman–Crippen MR) is 171 cm³/mol. The quantitative estimate of drug-likeness (QED) is 0.149. The van der Waals surface area contributed by atoms with Crippen molar-refractivity contribution in [2.24, 2.45) is 0 Å². The minimum absolute atomic E-state index is 0.0383. The highest BCUT2D eigenvalue weighted by Crippen LogP contribution is 2.17. The second-order valence-electron chi connectivity index (χ2n) is 12.7. The van der Waals surface area contributed by atoms with Gasteiger partial charge in [0, 0.05) is 76.2 Å². The second-order valence-corrected chi connectivity index (χ2v) is 12.7. The molecule has 254 valence electrons. The van der Waals surface area contributed by atoms with E-state index in [0.717, 1.165) is 18.5 Å². The number of aryl methyl sites for hydroxylation is 1. The van der Waals surface area contributed by atoms with Gasteiger partial charge in [-0.25, -0.2) is 0 Å². The maximum Gasteiger partial charge on any atom is 0.317 e. The highest BCUT2D eigenvalue weighted by molar-refractivity contribution is 5.70. The molecular weight excluding hydrogens is 584 g/mol. The van der Waals surface area contributed by atoms with E-state index in [9.17, 15) is 39.6 Å². The summed E-state index contributed by atoms with van der Waals surface area (Å²) < 4.78 is 0. The molecule has 14 nitrogen and oxygen atoms in total. The molecule has 1 heterocycles. The molecule has 1 unspecified atom stereocenters. The molecule has 0 aromatic heterocycles. The van der Waals surface area contributed by atoms with E-state index in [0.29, 0.717) is 65.3 Å². The number of carboxylic acids is 4. The fourth-order valence-corrected chi connectivity index (χ4v) is 5.35. The molecule has 0 saturated carbocycles. The van der Waals surface area contributed by atoms with E-state index in [1.807, 2.05) is 0 Å². The fraction of sp³-hybridized carbons (Fsp3) is 0.677. The lowest BCUT2D eigenvalue weighted by Gasteiger charge is -2.34. The molecule has 0 bridgehead atoms. The Hall–Kier alpha value is -3.30. The zero-order chi connectivity index (χ0) is 33.4. The Morgan fingerprint density at radius 3 is 1.49 bits per heavy atom. The monoisotopic (exact) mass is 636 g/mol. The average Bonchev–Trinajstić information content (AvgIpc) is 2.92. The van der Waals surface area contributed by atoms with Crippen LogP contribution in [0, 0.1) is 0 Å². The zero-order valence-corrected chi connectivity index (χ0v) is 26.9. The molecule has 1 aliphatic rings. The van der Waals surface area contributed by atoms with Crippen molar-refractivity contribution in [1.29, 1.82) is 0 Å². The smallest absolute Gasteiger partial charge is 0.317 e. The van der Waals surface area contributed by atoms with E-state index in [1.165, 1.54) is 5.56 Å². The van der Waals surface area contributed by atoms with Gasteiger partial charge in [0.1, 0.15) is 0 Å². The molecule has 0 spiro atoms. The number of benzene rings is 1. The van der Waals surface area contributed by atoms with Crippen LogP contribution < -0.4 is 10.6 Å². The van der Waals surface area contributed by atoms with Gasteiger partial charge in [-0.05, 0) is 57.7 Å². The number of anilines is 1. The fourth-order valence-electron chi connectivity index (χ4n) is 5.35. The SMILES string of the molecule is CC(C)(C)Nc1ccc(CCCC(CN2CCN(CC(=O)O)CCN(CC(=O)O)CCN(CC(=O)O)CC2)NCC(=O)O)cc1. The van der Waals surface area contributed by atoms with Gasteiger partial charge < -0.3 is 31.1 Å². The molecule has 0 amide bonds. The molecule has 1 aromatic rings. The summed E-state index contributed by atoms with van der Waals surface area (Å²) in [6.07, 6.45) is 2.37. The average molecular weight is 637 g/mol. The summed E-state index contributed by atoms with van der Waals surface area (Å²) in [4.78, 5) is 53.4. The molecular formula is C31H52N6O8. The standard InChI is InChI=1S/C31H52N6O8/c1-31(2,3)33-25-9-7-24(8-10-25)5-4-6-26(32-19-27(38)39)20-34-11-13-35(21-28(40)41)15-17-37(23-30(44)45)18-16-36(14-12-34)22-29(42)43/h7-10,26,32-33H,4-6,11-23H2,1-3H3,(H,38,39)(H,40,41)(H,42,43)(H,44,45). The number of hydrogen-bond donors (Lipinski definition) is 6. The molecule has 1 saturated heterocycles. The number of rotatable bonds is 16. The molecule has 1 atom stereocenters. The first-order valence-corrected chi connectivity index (χ1v) is 15.6. The molecule has 0 radical (unpaired) electrons. The summed E-state index contributed by atoms with van der Waals surface area (Å²) in [7, 11) is 0. The van der Waals surface area contributed by atoms with Crippen molar-refractivity contribution >= 4 is 29.6 Å². The van der Waals surface area contributed by atoms with E-state index in [1.54, 1.807) is 14.7 Å². The van der Waals surface area contributed by atoms with Gasteiger partial charge in [-0.2, -0.15) is 0 Å². The first kappa shape index (κ1) is 37.9. The van der Waals surface area contributed by atoms with E-state index < -0.39 is 23.9 Å². The highest BCUT2D eigenvalue weighted by atomic mass is 16.4. The lowest BCUT2D eigenvalue weighted by molar-refractivity contribution is -0.140. The van der Waals surface area contributed by atoms with Crippen LogP contribution >= 0.6 is 0 Å². The Morgan fingerprint density at radius 1 is 0.689 bits per heavy atom. The van der Waals surface area contributed by atoms with Crippen molar-refractivity contribution in [3.8, 4) is 0 Å². The van der Waals surface area contributed by atoms with Crippen molar-refractivity contribution in [2.75, 3.05) is 90.4 Å². The van der Waals surface area contributed by atoms with Gasteiger partial charge in [0.25, 0.3) is 0 Å². The van der Waals surface area contributed by atoms with E-state index in [4.69, 9.17) is 0 Å². The van der Waals surface area contributed by atoms with Crippen LogP contribution in [0.15, 0.2) is 24.3 Å². The Bertz CT molecular complexity index is 1050. The Labute approximate surface area is 266 Å². The van der Waals surface area contributed by atoms with E-state index >= 15 is 0 Å². The zero-order valence-electron chi connectivity index (χ0n) is 26.9. The molecule has 6 N–H and O–H groups in total. The third kappa shape index (κ3) is 17.7. The topological polar surface area (TPSA) is 186 Å². The van der Waals surface area contributed by atoms with Crippen molar-refractivity contribution in [3.63, 3.8) is 0 Å². The second kappa shape index (κ2) is 19.3. The van der Waals surface area contributed by atoms with Crippen LogP contribution in [0.5, 0.6) is 0 Å². The first-order valence-electron chi connectivity index (χ1n) is 15.6. The third-order valence-corrected chi connectivity index (χ3v) is 7.52. The van der Waals surface area contributed by atoms with Crippen molar-refractivity contribution < 1.29 is 39.6 Å². The normalized spacial score (nSPS) is 17.6. The molecule has 1 aliphatic heterocycles. The van der Waals surface area contributed by atoms with Crippen molar-refractivity contribution in [3.05, 3.63) is 29.8 Å². The summed E-state index contributed by atoms with van der Waals surface area (Å²) in [5, 5.41) is 44.3. The van der Waals surface area contributed by atoms with Crippen LogP contribution in [0.3, 0.4) is 0 Å². The van der Waals surface area contributed by atoms with Gasteiger partial charge in [0.15, 0.2) is 0 Å². The summed E-state index contributed by atoms with van der Waals surface area (Å²) >= 11 is 0. The number of carboxylic acid groups (broad SMARTS) is 4. The van der Waals surface area contributed by atoms with Crippen LogP contribution in [0.1, 0.15) is 39.2 Å². The Kier molecular flexibility index (Phi) is 16.2. The van der Waals surface area contributed by atoms with E-state index in [2.05, 4.69) is 60.6 Å². The molecule has 1 fully saturated rings. The van der Waals surface area contributed by atoms with Gasteiger partial charge in [-0.1, -0.05) is 12.1 Å². The summed E-state index contributed by atoms with van der Waals surface area (Å²) in [6, 6.07) is 8.15. The summed E-state index contributed by atoms with van der Waals surface area (Å²) in [6.45, 7) is 9.17. The number of nitrogens with zero attached hydrogens (tertiary/aromatic N) is 4. The lowest BCUT2D eigenvalue weighted by Crippen LogP contribution is -2.50. The van der Waals surface area contributed by atoms with Gasteiger partial charge in [0.05, 0.1) is 26.2 Å². The molecule has 2 rings (SSSR count). The lowest BCUT2D eigenvalue weighted by atomic mass is 10.0. The van der Waals surface area contributed by atoms with E-state index in [-0.39, 0.29) is 37.8 Å². The van der Waals surface area contributed by atoms with Gasteiger partial charge in [-0.15, -0.1) is 0 Å². The molecule has 45 heavy (non-hydrogen) atoms. The number of carbonyl (C=O) groups is 4. The predicted octanol–water partition coefficient (Wildman–Crippen LogP) is 0.738. The maximum atomic E-state index is 11.6. The van der Waals surface area contributed by atoms with Crippen molar-refractivity contribution in [1.82, 2.24) is 24.9 Å². The van der Waals surface area contributed by atoms with Gasteiger partial charge in [0.2, 0.25) is 0 Å². The largest absolute Gasteiger partial charge is 0.480 e. The Morgan fingerprint density at radius 2 is 1.11 bits per heavy atom. The first-order chi connectivity index (χ1) is 21.2. The minimum Gasteiger partial charge on any atom is -0.480 e. The molecule has 1 aromatic carbocycles. The van der Waals surface area contributed by atoms with Gasteiger partial charge in [-0.3, -0.25) is 38.8 Å². The summed E-state index contributed by atoms with van der Waals surface area (Å²) in [5.41, 5.74) is 2.19. The van der Waals surface area contributed by atoms with Crippen LogP contribution in [0.25, 0.3) is 0 Å². The highest BCUT2D eigenvalue weighted by Gasteiger charge is 2.22. The molecule has 0 aliphatic carbocycles. The number of hydrogen-bond acceptors (Lipinski definition) is 10. The maximum absolute atomic E-state index is 11.6. The van der Waals surface area contributed by atoms with Crippen LogP contribution in [0.4, 0.5) is 5.69 Å². The third-order valence-electron chi connectivity index (χ3n) is 7.52. The van der Waals surface area contributed by atoms with Crippen molar-refractivity contribution in [2.45, 2.75) is 51.6 Å². The van der Waals surface area contributed by atoms with Crippen LogP contribution in [-0.2, 0) is 25.6 Å².